The van der Waals surface area contributed by atoms with Gasteiger partial charge in [-0.05, 0) is 14.1 Å². The van der Waals surface area contributed by atoms with E-state index in [1.54, 1.807) is 0 Å². The molecule has 0 heterocycles. The van der Waals surface area contributed by atoms with Gasteiger partial charge in [-0.2, -0.15) is 0 Å². The summed E-state index contributed by atoms with van der Waals surface area (Å²) in [6, 6.07) is 0. The minimum atomic E-state index is 0. The van der Waals surface area contributed by atoms with Crippen LogP contribution in [0.1, 0.15) is 0 Å². The summed E-state index contributed by atoms with van der Waals surface area (Å²) in [5.41, 5.74) is 9.00. The molecular weight excluding hydrogens is 62.8 g/mol. The summed E-state index contributed by atoms with van der Waals surface area (Å²) in [7, 11) is 3.00. The molecule has 5 heavy (non-hydrogen) atoms. The highest BCUT2D eigenvalue weighted by atomic mass is 14.4. The van der Waals surface area contributed by atoms with E-state index in [1.165, 1.54) is 14.1 Å². The Hall–Kier alpha value is -0.0151. The van der Waals surface area contributed by atoms with Crippen LogP contribution in [0.5, 0.6) is 0 Å². The summed E-state index contributed by atoms with van der Waals surface area (Å²) >= 11 is 0. The maximum atomic E-state index is 4.50. The maximum Gasteiger partial charge on any atom is 0 e. The predicted molar refractivity (Wildman–Crippen MR) is 26.0 cm³/mol. The molecule has 0 saturated carbocycles. The van der Waals surface area contributed by atoms with Gasteiger partial charge >= 0.3 is 0 Å². The third kappa shape index (κ3) is 69200. The van der Waals surface area contributed by atoms with Gasteiger partial charge in [0.25, 0.3) is 0 Å². The lowest BCUT2D eigenvalue weighted by molar-refractivity contribution is 1.48. The molecular formula is C2H10BN2. The largest absolute Gasteiger partial charge is 0.333 e. The standard InChI is InChI=1S/2CH5N.B/c2*1-2;/h2*2H2,1H3;. The fourth-order valence-corrected chi connectivity index (χ4v) is 0. The molecule has 3 radical (unpaired) electrons. The minimum absolute atomic E-state index is 0. The zero-order valence-corrected chi connectivity index (χ0v) is 3.73. The fourth-order valence-electron chi connectivity index (χ4n) is 0. The van der Waals surface area contributed by atoms with Crippen molar-refractivity contribution < 1.29 is 0 Å². The second-order valence-electron chi connectivity index (χ2n) is 0. The van der Waals surface area contributed by atoms with Gasteiger partial charge in [0.05, 0.1) is 0 Å². The lowest BCUT2D eigenvalue weighted by Crippen LogP contribution is -1.69. The topological polar surface area (TPSA) is 52.0 Å². The Balaban J connectivity index is -0.0000000133. The van der Waals surface area contributed by atoms with Crippen molar-refractivity contribution in [1.82, 2.24) is 0 Å². The van der Waals surface area contributed by atoms with Gasteiger partial charge in [-0.25, -0.2) is 0 Å². The average Bonchev–Trinajstić information content (AvgIpc) is 1.50. The zero-order chi connectivity index (χ0) is 4.00. The van der Waals surface area contributed by atoms with E-state index < -0.39 is 0 Å². The number of hydrogen-bond acceptors (Lipinski definition) is 2. The van der Waals surface area contributed by atoms with E-state index in [0.717, 1.165) is 0 Å². The molecule has 0 aliphatic rings. The van der Waals surface area contributed by atoms with E-state index in [1.807, 2.05) is 0 Å². The summed E-state index contributed by atoms with van der Waals surface area (Å²) in [5, 5.41) is 0. The molecule has 0 saturated heterocycles. The second-order valence-corrected chi connectivity index (χ2v) is 0. The minimum Gasteiger partial charge on any atom is -0.333 e. The summed E-state index contributed by atoms with van der Waals surface area (Å²) in [6.07, 6.45) is 0. The van der Waals surface area contributed by atoms with Crippen LogP contribution in [0.2, 0.25) is 0 Å². The van der Waals surface area contributed by atoms with E-state index in [0.29, 0.717) is 0 Å². The Morgan fingerprint density at radius 1 is 0.800 bits per heavy atom. The third-order valence-electron chi connectivity index (χ3n) is 0. The molecule has 0 amide bonds. The normalized spacial score (nSPS) is 2.40. The van der Waals surface area contributed by atoms with E-state index in [4.69, 9.17) is 0 Å². The Labute approximate surface area is 35.1 Å². The Bertz CT molecular complexity index is 7.61. The van der Waals surface area contributed by atoms with Crippen molar-refractivity contribution in [2.45, 2.75) is 0 Å². The van der Waals surface area contributed by atoms with Crippen molar-refractivity contribution in [1.29, 1.82) is 0 Å². The monoisotopic (exact) mass is 73.1 g/mol. The lowest BCUT2D eigenvalue weighted by atomic mass is 10.8. The first kappa shape index (κ1) is 20.1. The van der Waals surface area contributed by atoms with Gasteiger partial charge in [0.2, 0.25) is 0 Å². The van der Waals surface area contributed by atoms with Crippen molar-refractivity contribution >= 4 is 8.41 Å². The van der Waals surface area contributed by atoms with Crippen molar-refractivity contribution in [2.75, 3.05) is 14.1 Å². The van der Waals surface area contributed by atoms with Gasteiger partial charge in [0.15, 0.2) is 0 Å². The van der Waals surface area contributed by atoms with Gasteiger partial charge in [0.1, 0.15) is 0 Å². The Kier molecular flexibility index (Phi) is 629000. The van der Waals surface area contributed by atoms with Crippen LogP contribution in [0.15, 0.2) is 0 Å². The summed E-state index contributed by atoms with van der Waals surface area (Å²) < 4.78 is 0. The van der Waals surface area contributed by atoms with Gasteiger partial charge in [-0.3, -0.25) is 0 Å². The predicted octanol–water partition coefficient (Wildman–Crippen LogP) is -1.23. The van der Waals surface area contributed by atoms with Crippen molar-refractivity contribution in [2.24, 2.45) is 11.5 Å². The van der Waals surface area contributed by atoms with E-state index in [-0.39, 0.29) is 8.41 Å². The fraction of sp³-hybridized carbons (Fsp3) is 1.00. The van der Waals surface area contributed by atoms with Crippen LogP contribution < -0.4 is 11.5 Å². The number of nitrogens with two attached hydrogens (primary N) is 2. The summed E-state index contributed by atoms with van der Waals surface area (Å²) in [4.78, 5) is 0. The average molecular weight is 72.9 g/mol. The number of hydrogen-bond donors (Lipinski definition) is 2. The van der Waals surface area contributed by atoms with E-state index >= 15 is 0 Å². The first-order valence-electron chi connectivity index (χ1n) is 1.15. The van der Waals surface area contributed by atoms with Crippen molar-refractivity contribution in [3.63, 3.8) is 0 Å². The van der Waals surface area contributed by atoms with Crippen LogP contribution in [-0.2, 0) is 0 Å². The maximum absolute atomic E-state index is 4.50. The highest BCUT2D eigenvalue weighted by Crippen LogP contribution is 0.471. The van der Waals surface area contributed by atoms with Crippen LogP contribution in [-0.4, -0.2) is 22.5 Å². The molecule has 0 aromatic heterocycles. The molecule has 3 heteroatoms. The highest BCUT2D eigenvalue weighted by Gasteiger charge is 0.838. The Morgan fingerprint density at radius 3 is 0.800 bits per heavy atom. The van der Waals surface area contributed by atoms with Crippen LogP contribution in [0, 0.1) is 0 Å². The van der Waals surface area contributed by atoms with Crippen LogP contribution >= 0.6 is 0 Å². The summed E-state index contributed by atoms with van der Waals surface area (Å²) in [5.74, 6) is 0. The zero-order valence-electron chi connectivity index (χ0n) is 3.73. The molecule has 31 valence electrons. The first-order chi connectivity index (χ1) is 2.00. The van der Waals surface area contributed by atoms with Crippen molar-refractivity contribution in [3.8, 4) is 0 Å². The van der Waals surface area contributed by atoms with Crippen LogP contribution in [0.25, 0.3) is 0 Å². The van der Waals surface area contributed by atoms with Gasteiger partial charge in [-0.1, -0.05) is 0 Å². The van der Waals surface area contributed by atoms with E-state index in [9.17, 15) is 0 Å². The molecule has 0 aliphatic heterocycles. The van der Waals surface area contributed by atoms with Crippen molar-refractivity contribution in [3.05, 3.63) is 0 Å². The molecule has 0 fully saturated rings. The lowest BCUT2D eigenvalue weighted by Gasteiger charge is -1.19. The molecule has 0 aromatic carbocycles. The molecule has 0 rings (SSSR count). The first-order valence-corrected chi connectivity index (χ1v) is 1.15. The number of rotatable bonds is 0. The van der Waals surface area contributed by atoms with Crippen LogP contribution in [0.3, 0.4) is 0 Å². The molecule has 4 N–H and O–H groups in total. The van der Waals surface area contributed by atoms with E-state index in [2.05, 4.69) is 11.5 Å². The Morgan fingerprint density at radius 2 is 0.800 bits per heavy atom. The molecule has 0 aromatic rings. The van der Waals surface area contributed by atoms with Gasteiger partial charge < -0.3 is 11.5 Å². The molecule has 0 bridgehead atoms. The molecule has 0 atom stereocenters. The molecule has 0 aliphatic carbocycles. The smallest absolute Gasteiger partial charge is 0 e. The van der Waals surface area contributed by atoms with Gasteiger partial charge in [-0.15, -0.1) is 0 Å². The summed E-state index contributed by atoms with van der Waals surface area (Å²) in [6.45, 7) is 0. The quantitative estimate of drug-likeness (QED) is 0.353. The molecule has 0 unspecified atom stereocenters. The van der Waals surface area contributed by atoms with Gasteiger partial charge in [0, 0.05) is 8.41 Å². The van der Waals surface area contributed by atoms with Crippen LogP contribution in [0.4, 0.5) is 0 Å². The molecule has 2 nitrogen and oxygen atoms in total. The molecule has 0 spiro atoms. The SMILES string of the molecule is CN.CN.[B]. The third-order valence-corrected chi connectivity index (χ3v) is 0. The second kappa shape index (κ2) is 156000. The highest BCUT2D eigenvalue weighted by molar-refractivity contribution is 5.75.